The summed E-state index contributed by atoms with van der Waals surface area (Å²) < 4.78 is 0. The number of rotatable bonds is 2. The molecule has 19 heavy (non-hydrogen) atoms. The molecule has 4 heteroatoms. The van der Waals surface area contributed by atoms with Crippen molar-refractivity contribution in [1.82, 2.24) is 5.32 Å². The zero-order valence-electron chi connectivity index (χ0n) is 11.2. The topological polar surface area (TPSA) is 52.6 Å². The van der Waals surface area contributed by atoms with Crippen LogP contribution in [0, 0.1) is 5.92 Å². The standard InChI is InChI=1S/C15H20N2O2/c1-10(18)11-4-6-12(7-5-11)17-8-2-3-13-14(17)9-16-15(13)19/h4-7,10,13-14,18H,2-3,8-9H2,1H3,(H,16,19)/t10-,13?,14?/m0/s1. The van der Waals surface area contributed by atoms with E-state index in [1.54, 1.807) is 6.92 Å². The Morgan fingerprint density at radius 2 is 2.11 bits per heavy atom. The number of aliphatic hydroxyl groups is 1. The molecule has 1 aromatic rings. The Morgan fingerprint density at radius 1 is 1.37 bits per heavy atom. The van der Waals surface area contributed by atoms with Crippen LogP contribution in [-0.4, -0.2) is 30.1 Å². The average Bonchev–Trinajstić information content (AvgIpc) is 2.81. The number of benzene rings is 1. The molecule has 1 aromatic carbocycles. The van der Waals surface area contributed by atoms with Crippen molar-refractivity contribution in [2.45, 2.75) is 31.9 Å². The van der Waals surface area contributed by atoms with E-state index in [1.807, 2.05) is 24.3 Å². The molecule has 2 unspecified atom stereocenters. The summed E-state index contributed by atoms with van der Waals surface area (Å²) >= 11 is 0. The Kier molecular flexibility index (Phi) is 3.19. The molecule has 2 heterocycles. The molecule has 102 valence electrons. The predicted molar refractivity (Wildman–Crippen MR) is 73.9 cm³/mol. The minimum Gasteiger partial charge on any atom is -0.389 e. The summed E-state index contributed by atoms with van der Waals surface area (Å²) in [5, 5.41) is 12.5. The first-order chi connectivity index (χ1) is 9.16. The highest BCUT2D eigenvalue weighted by Crippen LogP contribution is 2.32. The van der Waals surface area contributed by atoms with Crippen LogP contribution in [0.25, 0.3) is 0 Å². The van der Waals surface area contributed by atoms with Crippen LogP contribution in [0.5, 0.6) is 0 Å². The third-order valence-electron chi connectivity index (χ3n) is 4.31. The van der Waals surface area contributed by atoms with E-state index in [1.165, 1.54) is 0 Å². The van der Waals surface area contributed by atoms with Gasteiger partial charge in [-0.15, -0.1) is 0 Å². The fourth-order valence-electron chi connectivity index (χ4n) is 3.22. The molecule has 0 saturated carbocycles. The van der Waals surface area contributed by atoms with Gasteiger partial charge in [0.2, 0.25) is 5.91 Å². The van der Waals surface area contributed by atoms with Crippen LogP contribution in [0.2, 0.25) is 0 Å². The molecule has 0 spiro atoms. The zero-order chi connectivity index (χ0) is 13.4. The maximum atomic E-state index is 11.8. The van der Waals surface area contributed by atoms with Crippen molar-refractivity contribution >= 4 is 11.6 Å². The number of hydrogen-bond donors (Lipinski definition) is 2. The summed E-state index contributed by atoms with van der Waals surface area (Å²) in [5.41, 5.74) is 2.08. The number of carbonyl (C=O) groups excluding carboxylic acids is 1. The van der Waals surface area contributed by atoms with E-state index in [0.29, 0.717) is 6.04 Å². The summed E-state index contributed by atoms with van der Waals surface area (Å²) in [4.78, 5) is 14.1. The summed E-state index contributed by atoms with van der Waals surface area (Å²) in [6.07, 6.45) is 1.63. The maximum absolute atomic E-state index is 11.8. The number of anilines is 1. The third-order valence-corrected chi connectivity index (χ3v) is 4.31. The fraction of sp³-hybridized carbons (Fsp3) is 0.533. The molecule has 2 fully saturated rings. The van der Waals surface area contributed by atoms with Crippen LogP contribution in [-0.2, 0) is 4.79 Å². The normalized spacial score (nSPS) is 27.9. The SMILES string of the molecule is C[C@H](O)c1ccc(N2CCCC3C(=O)NCC32)cc1. The van der Waals surface area contributed by atoms with Crippen LogP contribution in [0.4, 0.5) is 5.69 Å². The Labute approximate surface area is 113 Å². The van der Waals surface area contributed by atoms with Gasteiger partial charge in [-0.05, 0) is 37.5 Å². The van der Waals surface area contributed by atoms with Crippen LogP contribution >= 0.6 is 0 Å². The van der Waals surface area contributed by atoms with Gasteiger partial charge in [-0.25, -0.2) is 0 Å². The van der Waals surface area contributed by atoms with E-state index in [-0.39, 0.29) is 11.8 Å². The molecular weight excluding hydrogens is 240 g/mol. The lowest BCUT2D eigenvalue weighted by Crippen LogP contribution is -2.45. The van der Waals surface area contributed by atoms with E-state index < -0.39 is 6.10 Å². The van der Waals surface area contributed by atoms with Crippen molar-refractivity contribution in [3.63, 3.8) is 0 Å². The van der Waals surface area contributed by atoms with Gasteiger partial charge in [-0.3, -0.25) is 4.79 Å². The largest absolute Gasteiger partial charge is 0.389 e. The molecule has 2 aliphatic heterocycles. The molecule has 3 rings (SSSR count). The van der Waals surface area contributed by atoms with Gasteiger partial charge in [0.15, 0.2) is 0 Å². The minimum absolute atomic E-state index is 0.144. The highest BCUT2D eigenvalue weighted by atomic mass is 16.3. The third kappa shape index (κ3) is 2.21. The molecule has 0 aromatic heterocycles. The van der Waals surface area contributed by atoms with Crippen LogP contribution in [0.1, 0.15) is 31.4 Å². The van der Waals surface area contributed by atoms with Crippen molar-refractivity contribution in [3.05, 3.63) is 29.8 Å². The number of nitrogens with one attached hydrogen (secondary N) is 1. The molecule has 3 atom stereocenters. The van der Waals surface area contributed by atoms with E-state index >= 15 is 0 Å². The predicted octanol–water partition coefficient (Wildman–Crippen LogP) is 1.45. The molecule has 1 amide bonds. The summed E-state index contributed by atoms with van der Waals surface area (Å²) in [7, 11) is 0. The van der Waals surface area contributed by atoms with Gasteiger partial charge in [0, 0.05) is 18.8 Å². The summed E-state index contributed by atoms with van der Waals surface area (Å²) in [5.74, 6) is 0.348. The first-order valence-electron chi connectivity index (χ1n) is 6.99. The lowest BCUT2D eigenvalue weighted by atomic mass is 9.91. The van der Waals surface area contributed by atoms with E-state index in [4.69, 9.17) is 0 Å². The van der Waals surface area contributed by atoms with Gasteiger partial charge < -0.3 is 15.3 Å². The molecule has 0 bridgehead atoms. The van der Waals surface area contributed by atoms with Crippen molar-refractivity contribution in [3.8, 4) is 0 Å². The maximum Gasteiger partial charge on any atom is 0.225 e. The van der Waals surface area contributed by atoms with Gasteiger partial charge >= 0.3 is 0 Å². The van der Waals surface area contributed by atoms with E-state index in [2.05, 4.69) is 10.2 Å². The number of fused-ring (bicyclic) bond motifs is 1. The summed E-state index contributed by atoms with van der Waals surface area (Å²) in [6.45, 7) is 3.53. The number of aliphatic hydroxyl groups excluding tert-OH is 1. The van der Waals surface area contributed by atoms with Gasteiger partial charge in [0.05, 0.1) is 18.1 Å². The number of nitrogens with zero attached hydrogens (tertiary/aromatic N) is 1. The van der Waals surface area contributed by atoms with Gasteiger partial charge in [0.25, 0.3) is 0 Å². The Bertz CT molecular complexity index is 470. The highest BCUT2D eigenvalue weighted by Gasteiger charge is 2.40. The smallest absolute Gasteiger partial charge is 0.225 e. The van der Waals surface area contributed by atoms with Crippen molar-refractivity contribution in [1.29, 1.82) is 0 Å². The van der Waals surface area contributed by atoms with Gasteiger partial charge in [-0.2, -0.15) is 0 Å². The lowest BCUT2D eigenvalue weighted by Gasteiger charge is -2.37. The van der Waals surface area contributed by atoms with Gasteiger partial charge in [0.1, 0.15) is 0 Å². The lowest BCUT2D eigenvalue weighted by molar-refractivity contribution is -0.122. The quantitative estimate of drug-likeness (QED) is 0.846. The second-order valence-corrected chi connectivity index (χ2v) is 5.52. The minimum atomic E-state index is -0.433. The molecule has 0 aliphatic carbocycles. The average molecular weight is 260 g/mol. The number of piperidine rings is 1. The molecule has 4 nitrogen and oxygen atoms in total. The Hall–Kier alpha value is -1.55. The van der Waals surface area contributed by atoms with Crippen molar-refractivity contribution in [2.75, 3.05) is 18.0 Å². The van der Waals surface area contributed by atoms with Crippen LogP contribution in [0.3, 0.4) is 0 Å². The van der Waals surface area contributed by atoms with E-state index in [9.17, 15) is 9.90 Å². The van der Waals surface area contributed by atoms with Crippen LogP contribution in [0.15, 0.2) is 24.3 Å². The van der Waals surface area contributed by atoms with Crippen LogP contribution < -0.4 is 10.2 Å². The monoisotopic (exact) mass is 260 g/mol. The summed E-state index contributed by atoms with van der Waals surface area (Å²) in [6, 6.07) is 8.32. The first kappa shape index (κ1) is 12.5. The molecule has 0 radical (unpaired) electrons. The van der Waals surface area contributed by atoms with Gasteiger partial charge in [-0.1, -0.05) is 12.1 Å². The highest BCUT2D eigenvalue weighted by molar-refractivity contribution is 5.83. The number of hydrogen-bond acceptors (Lipinski definition) is 3. The number of carbonyl (C=O) groups is 1. The van der Waals surface area contributed by atoms with Crippen molar-refractivity contribution in [2.24, 2.45) is 5.92 Å². The Morgan fingerprint density at radius 3 is 2.79 bits per heavy atom. The van der Waals surface area contributed by atoms with E-state index in [0.717, 1.165) is 37.2 Å². The second-order valence-electron chi connectivity index (χ2n) is 5.52. The number of amides is 1. The first-order valence-corrected chi connectivity index (χ1v) is 6.99. The second kappa shape index (κ2) is 4.85. The molecule has 2 aliphatic rings. The Balaban J connectivity index is 1.83. The molecule has 2 saturated heterocycles. The molecular formula is C15H20N2O2. The fourth-order valence-corrected chi connectivity index (χ4v) is 3.22. The molecule has 2 N–H and O–H groups in total. The van der Waals surface area contributed by atoms with Crippen molar-refractivity contribution < 1.29 is 9.90 Å². The zero-order valence-corrected chi connectivity index (χ0v) is 11.2.